The van der Waals surface area contributed by atoms with Crippen LogP contribution in [-0.4, -0.2) is 35.4 Å². The second-order valence-corrected chi connectivity index (χ2v) is 8.82. The molecule has 1 aromatic heterocycles. The number of aromatic nitrogens is 1. The molecule has 0 unspecified atom stereocenters. The lowest BCUT2D eigenvalue weighted by atomic mass is 9.53. The summed E-state index contributed by atoms with van der Waals surface area (Å²) in [4.78, 5) is 24.7. The van der Waals surface area contributed by atoms with Gasteiger partial charge in [-0.1, -0.05) is 0 Å². The van der Waals surface area contributed by atoms with E-state index in [-0.39, 0.29) is 18.1 Å². The zero-order chi connectivity index (χ0) is 17.6. The molecule has 1 heterocycles. The summed E-state index contributed by atoms with van der Waals surface area (Å²) in [6.07, 6.45) is 7.28. The Morgan fingerprint density at radius 2 is 1.80 bits per heavy atom. The molecule has 5 rings (SSSR count). The summed E-state index contributed by atoms with van der Waals surface area (Å²) >= 11 is 1.22. The van der Waals surface area contributed by atoms with Gasteiger partial charge in [-0.3, -0.25) is 4.79 Å². The van der Waals surface area contributed by atoms with Crippen LogP contribution >= 0.6 is 11.5 Å². The summed E-state index contributed by atoms with van der Waals surface area (Å²) in [5, 5.41) is 6.84. The first-order valence-electron chi connectivity index (χ1n) is 9.10. The van der Waals surface area contributed by atoms with Crippen LogP contribution in [0.25, 0.3) is 0 Å². The van der Waals surface area contributed by atoms with Crippen LogP contribution in [0.4, 0.5) is 5.00 Å². The molecule has 2 N–H and O–H groups in total. The van der Waals surface area contributed by atoms with Crippen molar-refractivity contribution in [1.29, 1.82) is 0 Å². The maximum atomic E-state index is 12.4. The molecule has 4 aliphatic carbocycles. The van der Waals surface area contributed by atoms with Crippen molar-refractivity contribution in [3.8, 4) is 0 Å². The number of amides is 1. The summed E-state index contributed by atoms with van der Waals surface area (Å²) in [6, 6.07) is 0. The van der Waals surface area contributed by atoms with Crippen molar-refractivity contribution in [2.24, 2.45) is 17.8 Å². The van der Waals surface area contributed by atoms with E-state index in [4.69, 9.17) is 4.74 Å². The molecular formula is C18H25N3O3S. The lowest BCUT2D eigenvalue weighted by molar-refractivity contribution is -0.130. The number of hydrogen-bond acceptors (Lipinski definition) is 6. The number of esters is 1. The molecule has 136 valence electrons. The number of hydrogen-bond donors (Lipinski definition) is 2. The molecule has 1 aromatic rings. The average molecular weight is 363 g/mol. The van der Waals surface area contributed by atoms with Crippen molar-refractivity contribution >= 4 is 28.4 Å². The molecule has 0 radical (unpaired) electrons. The zero-order valence-electron chi connectivity index (χ0n) is 14.8. The van der Waals surface area contributed by atoms with Crippen LogP contribution in [-0.2, 0) is 9.53 Å². The van der Waals surface area contributed by atoms with Crippen molar-refractivity contribution < 1.29 is 14.3 Å². The van der Waals surface area contributed by atoms with Crippen LogP contribution in [0.5, 0.6) is 0 Å². The van der Waals surface area contributed by atoms with Gasteiger partial charge in [0.05, 0.1) is 5.69 Å². The second kappa shape index (κ2) is 6.27. The Bertz CT molecular complexity index is 664. The number of nitrogens with zero attached hydrogens (tertiary/aromatic N) is 1. The minimum absolute atomic E-state index is 0.0474. The molecule has 6 nitrogen and oxygen atoms in total. The van der Waals surface area contributed by atoms with E-state index in [0.717, 1.165) is 37.0 Å². The number of rotatable bonds is 5. The summed E-state index contributed by atoms with van der Waals surface area (Å²) in [6.45, 7) is 1.54. The van der Waals surface area contributed by atoms with Crippen LogP contribution in [0, 0.1) is 24.7 Å². The molecule has 25 heavy (non-hydrogen) atoms. The molecule has 0 aliphatic heterocycles. The fourth-order valence-corrected chi connectivity index (χ4v) is 6.31. The fraction of sp³-hybridized carbons (Fsp3) is 0.722. The third-order valence-electron chi connectivity index (χ3n) is 6.07. The summed E-state index contributed by atoms with van der Waals surface area (Å²) in [5.74, 6) is 1.64. The average Bonchev–Trinajstić information content (AvgIpc) is 2.91. The van der Waals surface area contributed by atoms with Crippen molar-refractivity contribution in [3.63, 3.8) is 0 Å². The molecule has 4 bridgehead atoms. The Morgan fingerprint density at radius 1 is 1.20 bits per heavy atom. The van der Waals surface area contributed by atoms with Gasteiger partial charge >= 0.3 is 5.97 Å². The number of carbonyl (C=O) groups excluding carboxylic acids is 2. The highest BCUT2D eigenvalue weighted by atomic mass is 32.1. The Kier molecular flexibility index (Phi) is 4.22. The van der Waals surface area contributed by atoms with Gasteiger partial charge in [0.2, 0.25) is 0 Å². The molecule has 4 fully saturated rings. The van der Waals surface area contributed by atoms with E-state index in [9.17, 15) is 9.59 Å². The van der Waals surface area contributed by atoms with Gasteiger partial charge in [0.15, 0.2) is 6.61 Å². The maximum absolute atomic E-state index is 12.4. The third-order valence-corrected chi connectivity index (χ3v) is 7.03. The van der Waals surface area contributed by atoms with E-state index < -0.39 is 5.97 Å². The van der Waals surface area contributed by atoms with Gasteiger partial charge in [-0.15, -0.1) is 0 Å². The predicted molar refractivity (Wildman–Crippen MR) is 95.7 cm³/mol. The zero-order valence-corrected chi connectivity index (χ0v) is 15.6. The van der Waals surface area contributed by atoms with Gasteiger partial charge in [0.25, 0.3) is 5.91 Å². The monoisotopic (exact) mass is 363 g/mol. The normalized spacial score (nSPS) is 32.5. The van der Waals surface area contributed by atoms with Gasteiger partial charge in [0, 0.05) is 12.6 Å². The van der Waals surface area contributed by atoms with Gasteiger partial charge < -0.3 is 15.4 Å². The van der Waals surface area contributed by atoms with Crippen molar-refractivity contribution in [2.45, 2.75) is 51.0 Å². The minimum Gasteiger partial charge on any atom is -0.452 e. The van der Waals surface area contributed by atoms with Crippen LogP contribution in [0.2, 0.25) is 0 Å². The van der Waals surface area contributed by atoms with E-state index in [0.29, 0.717) is 16.3 Å². The van der Waals surface area contributed by atoms with Gasteiger partial charge in [-0.2, -0.15) is 4.37 Å². The van der Waals surface area contributed by atoms with Crippen molar-refractivity contribution in [3.05, 3.63) is 11.3 Å². The quantitative estimate of drug-likeness (QED) is 0.786. The number of aryl methyl sites for hydroxylation is 1. The topological polar surface area (TPSA) is 80.3 Å². The Balaban J connectivity index is 1.35. The number of anilines is 1. The van der Waals surface area contributed by atoms with Gasteiger partial charge in [-0.25, -0.2) is 4.79 Å². The SMILES string of the molecule is CNc1snc(C)c1C(=O)OCC(=O)NC12CC3CC(CC(C3)C1)C2. The molecule has 0 saturated heterocycles. The minimum atomic E-state index is -0.490. The molecule has 4 saturated carbocycles. The largest absolute Gasteiger partial charge is 0.452 e. The molecule has 0 atom stereocenters. The summed E-state index contributed by atoms with van der Waals surface area (Å²) in [7, 11) is 1.74. The van der Waals surface area contributed by atoms with Crippen LogP contribution in [0.3, 0.4) is 0 Å². The molecular weight excluding hydrogens is 338 g/mol. The fourth-order valence-electron chi connectivity index (χ4n) is 5.58. The van der Waals surface area contributed by atoms with E-state index >= 15 is 0 Å². The van der Waals surface area contributed by atoms with Crippen LogP contribution in [0.1, 0.15) is 54.6 Å². The van der Waals surface area contributed by atoms with Gasteiger partial charge in [-0.05, 0) is 74.7 Å². The number of carbonyl (C=O) groups is 2. The van der Waals surface area contributed by atoms with Crippen molar-refractivity contribution in [1.82, 2.24) is 9.69 Å². The second-order valence-electron chi connectivity index (χ2n) is 8.04. The Labute approximate surface area is 151 Å². The van der Waals surface area contributed by atoms with E-state index in [1.807, 2.05) is 0 Å². The van der Waals surface area contributed by atoms with Crippen LogP contribution < -0.4 is 10.6 Å². The van der Waals surface area contributed by atoms with Gasteiger partial charge in [0.1, 0.15) is 10.6 Å². The lowest BCUT2D eigenvalue weighted by Crippen LogP contribution is -2.60. The number of nitrogens with one attached hydrogen (secondary N) is 2. The van der Waals surface area contributed by atoms with Crippen molar-refractivity contribution in [2.75, 3.05) is 19.0 Å². The maximum Gasteiger partial charge on any atom is 0.343 e. The first-order valence-corrected chi connectivity index (χ1v) is 9.87. The highest BCUT2D eigenvalue weighted by molar-refractivity contribution is 7.10. The smallest absolute Gasteiger partial charge is 0.343 e. The van der Waals surface area contributed by atoms with E-state index in [1.54, 1.807) is 14.0 Å². The lowest BCUT2D eigenvalue weighted by Gasteiger charge is -2.56. The first-order chi connectivity index (χ1) is 12.0. The molecule has 0 spiro atoms. The number of ether oxygens (including phenoxy) is 1. The summed E-state index contributed by atoms with van der Waals surface area (Å²) in [5.41, 5.74) is 1.00. The Hall–Kier alpha value is -1.63. The standard InChI is InChI=1S/C18H25N3O3S/c1-10-15(16(19-2)25-21-10)17(23)24-9-14(22)20-18-6-11-3-12(7-18)5-13(4-11)8-18/h11-13,19H,3-9H2,1-2H3,(H,20,22). The Morgan fingerprint density at radius 3 is 2.36 bits per heavy atom. The van der Waals surface area contributed by atoms with E-state index in [1.165, 1.54) is 30.8 Å². The summed E-state index contributed by atoms with van der Waals surface area (Å²) < 4.78 is 9.42. The molecule has 4 aliphatic rings. The third kappa shape index (κ3) is 3.14. The highest BCUT2D eigenvalue weighted by Gasteiger charge is 2.51. The van der Waals surface area contributed by atoms with Crippen LogP contribution in [0.15, 0.2) is 0 Å². The van der Waals surface area contributed by atoms with E-state index in [2.05, 4.69) is 15.0 Å². The molecule has 0 aromatic carbocycles. The predicted octanol–water partition coefficient (Wildman–Crippen LogP) is 2.74. The molecule has 7 heteroatoms. The first kappa shape index (κ1) is 16.8. The highest BCUT2D eigenvalue weighted by Crippen LogP contribution is 2.55. The molecule has 1 amide bonds.